The summed E-state index contributed by atoms with van der Waals surface area (Å²) in [6.45, 7) is 5.74. The minimum Gasteiger partial charge on any atom is -0.479 e. The van der Waals surface area contributed by atoms with Crippen LogP contribution in [0.2, 0.25) is 0 Å². The smallest absolute Gasteiger partial charge is 0.241 e. The molecule has 1 aromatic heterocycles. The molecule has 2 rings (SSSR count). The normalized spacial score (nSPS) is 10.8. The van der Waals surface area contributed by atoms with Crippen molar-refractivity contribution in [3.05, 3.63) is 53.3 Å². The Hall–Kier alpha value is -2.36. The van der Waals surface area contributed by atoms with Crippen molar-refractivity contribution >= 4 is 10.0 Å². The molecule has 24 heavy (non-hydrogen) atoms. The van der Waals surface area contributed by atoms with Gasteiger partial charge in [0.05, 0.1) is 17.6 Å². The van der Waals surface area contributed by atoms with Gasteiger partial charge in [-0.05, 0) is 44.0 Å². The standard InChI is InChI=1S/C18H20N2O3S/c1-14-11-15(2)18(16(3)12-14)24(21,22)20-9-4-5-10-23-17-7-6-8-19-13-17/h6-8,11-13,20H,9-10H2,1-3H3. The van der Waals surface area contributed by atoms with Crippen LogP contribution in [0.3, 0.4) is 0 Å². The number of nitrogens with zero attached hydrogens (tertiary/aromatic N) is 1. The van der Waals surface area contributed by atoms with Gasteiger partial charge in [0, 0.05) is 6.20 Å². The van der Waals surface area contributed by atoms with Crippen LogP contribution in [0.5, 0.6) is 5.75 Å². The molecule has 5 nitrogen and oxygen atoms in total. The maximum atomic E-state index is 12.4. The molecule has 126 valence electrons. The van der Waals surface area contributed by atoms with Gasteiger partial charge >= 0.3 is 0 Å². The molecule has 0 unspecified atom stereocenters. The molecule has 0 aliphatic carbocycles. The van der Waals surface area contributed by atoms with Crippen LogP contribution >= 0.6 is 0 Å². The first-order valence-electron chi connectivity index (χ1n) is 7.46. The summed E-state index contributed by atoms with van der Waals surface area (Å²) in [5.74, 6) is 6.14. The highest BCUT2D eigenvalue weighted by molar-refractivity contribution is 7.89. The zero-order valence-corrected chi connectivity index (χ0v) is 14.8. The average molecular weight is 344 g/mol. The Kier molecular flexibility index (Phi) is 5.96. The van der Waals surface area contributed by atoms with E-state index in [0.717, 1.165) is 16.7 Å². The number of hydrogen-bond acceptors (Lipinski definition) is 4. The van der Waals surface area contributed by atoms with E-state index in [4.69, 9.17) is 4.74 Å². The second-order valence-corrected chi connectivity index (χ2v) is 7.09. The topological polar surface area (TPSA) is 68.3 Å². The summed E-state index contributed by atoms with van der Waals surface area (Å²) in [5.41, 5.74) is 2.50. The lowest BCUT2D eigenvalue weighted by Gasteiger charge is -2.11. The Balaban J connectivity index is 1.94. The predicted molar refractivity (Wildman–Crippen MR) is 93.3 cm³/mol. The third-order valence-corrected chi connectivity index (χ3v) is 5.00. The molecule has 0 aliphatic rings. The number of nitrogens with one attached hydrogen (secondary N) is 1. The first-order valence-corrected chi connectivity index (χ1v) is 8.94. The lowest BCUT2D eigenvalue weighted by atomic mass is 10.1. The van der Waals surface area contributed by atoms with E-state index >= 15 is 0 Å². The molecule has 1 heterocycles. The molecule has 0 radical (unpaired) electrons. The third-order valence-electron chi connectivity index (χ3n) is 3.29. The molecule has 0 amide bonds. The van der Waals surface area contributed by atoms with Crippen LogP contribution in [0, 0.1) is 32.6 Å². The van der Waals surface area contributed by atoms with E-state index in [1.807, 2.05) is 19.1 Å². The summed E-state index contributed by atoms with van der Waals surface area (Å²) >= 11 is 0. The van der Waals surface area contributed by atoms with Crippen molar-refractivity contribution in [1.82, 2.24) is 9.71 Å². The highest BCUT2D eigenvalue weighted by Gasteiger charge is 2.18. The van der Waals surface area contributed by atoms with Crippen molar-refractivity contribution in [3.63, 3.8) is 0 Å². The zero-order valence-electron chi connectivity index (χ0n) is 14.0. The number of benzene rings is 1. The number of hydrogen-bond donors (Lipinski definition) is 1. The summed E-state index contributed by atoms with van der Waals surface area (Å²) in [4.78, 5) is 4.24. The molecule has 0 fully saturated rings. The van der Waals surface area contributed by atoms with Crippen molar-refractivity contribution in [1.29, 1.82) is 0 Å². The number of aromatic nitrogens is 1. The molecule has 1 N–H and O–H groups in total. The van der Waals surface area contributed by atoms with Gasteiger partial charge in [-0.1, -0.05) is 29.5 Å². The molecule has 0 bridgehead atoms. The van der Waals surface area contributed by atoms with E-state index in [0.29, 0.717) is 10.6 Å². The fraction of sp³-hybridized carbons (Fsp3) is 0.278. The third kappa shape index (κ3) is 4.82. The number of pyridine rings is 1. The number of rotatable bonds is 5. The highest BCUT2D eigenvalue weighted by Crippen LogP contribution is 2.21. The lowest BCUT2D eigenvalue weighted by Crippen LogP contribution is -2.25. The van der Waals surface area contributed by atoms with E-state index in [1.165, 1.54) is 0 Å². The van der Waals surface area contributed by atoms with Crippen molar-refractivity contribution in [3.8, 4) is 17.6 Å². The molecule has 2 aromatic rings. The van der Waals surface area contributed by atoms with Crippen molar-refractivity contribution in [2.45, 2.75) is 25.7 Å². The molecule has 0 aliphatic heterocycles. The van der Waals surface area contributed by atoms with Gasteiger partial charge in [0.1, 0.15) is 12.4 Å². The van der Waals surface area contributed by atoms with Crippen molar-refractivity contribution in [2.75, 3.05) is 13.2 Å². The van der Waals surface area contributed by atoms with E-state index < -0.39 is 10.0 Å². The monoisotopic (exact) mass is 344 g/mol. The van der Waals surface area contributed by atoms with E-state index in [9.17, 15) is 8.42 Å². The largest absolute Gasteiger partial charge is 0.479 e. The molecule has 0 atom stereocenters. The number of sulfonamides is 1. The van der Waals surface area contributed by atoms with Gasteiger partial charge in [0.2, 0.25) is 10.0 Å². The van der Waals surface area contributed by atoms with Crippen LogP contribution in [0.25, 0.3) is 0 Å². The fourth-order valence-corrected chi connectivity index (χ4v) is 3.83. The van der Waals surface area contributed by atoms with Crippen LogP contribution in [-0.4, -0.2) is 26.6 Å². The molecule has 1 aromatic carbocycles. The Morgan fingerprint density at radius 1 is 1.17 bits per heavy atom. The average Bonchev–Trinajstić information content (AvgIpc) is 2.50. The Labute approximate surface area is 143 Å². The molecular formula is C18H20N2O3S. The van der Waals surface area contributed by atoms with Crippen molar-refractivity contribution in [2.24, 2.45) is 0 Å². The maximum absolute atomic E-state index is 12.4. The predicted octanol–water partition coefficient (Wildman–Crippen LogP) is 2.37. The quantitative estimate of drug-likeness (QED) is 0.846. The SMILES string of the molecule is Cc1cc(C)c(S(=O)(=O)NCC#CCOc2cccnc2)c(C)c1. The second kappa shape index (κ2) is 7.95. The van der Waals surface area contributed by atoms with E-state index in [2.05, 4.69) is 21.5 Å². The first kappa shape index (κ1) is 18.0. The summed E-state index contributed by atoms with van der Waals surface area (Å²) in [6.07, 6.45) is 3.25. The van der Waals surface area contributed by atoms with Gasteiger partial charge in [0.25, 0.3) is 0 Å². The summed E-state index contributed by atoms with van der Waals surface area (Å²) in [6, 6.07) is 7.26. The van der Waals surface area contributed by atoms with E-state index in [-0.39, 0.29) is 13.2 Å². The van der Waals surface area contributed by atoms with Gasteiger partial charge in [0.15, 0.2) is 0 Å². The Bertz CT molecular complexity index is 843. The Morgan fingerprint density at radius 2 is 1.88 bits per heavy atom. The van der Waals surface area contributed by atoms with Gasteiger partial charge in [-0.2, -0.15) is 4.72 Å². The molecule has 0 spiro atoms. The fourth-order valence-electron chi connectivity index (χ4n) is 2.46. The van der Waals surface area contributed by atoms with Gasteiger partial charge in [-0.15, -0.1) is 0 Å². The summed E-state index contributed by atoms with van der Waals surface area (Å²) in [7, 11) is -3.58. The van der Waals surface area contributed by atoms with Gasteiger partial charge < -0.3 is 4.74 Å². The minimum absolute atomic E-state index is 0.0332. The van der Waals surface area contributed by atoms with Crippen LogP contribution in [0.4, 0.5) is 0 Å². The van der Waals surface area contributed by atoms with Crippen LogP contribution in [0.1, 0.15) is 16.7 Å². The van der Waals surface area contributed by atoms with Crippen LogP contribution in [0.15, 0.2) is 41.6 Å². The number of ether oxygens (including phenoxy) is 1. The second-order valence-electron chi connectivity index (χ2n) is 5.38. The number of aryl methyl sites for hydroxylation is 3. The highest BCUT2D eigenvalue weighted by atomic mass is 32.2. The first-order chi connectivity index (χ1) is 11.4. The summed E-state index contributed by atoms with van der Waals surface area (Å²) in [5, 5.41) is 0. The Morgan fingerprint density at radius 3 is 2.50 bits per heavy atom. The minimum atomic E-state index is -3.58. The maximum Gasteiger partial charge on any atom is 0.241 e. The van der Waals surface area contributed by atoms with Crippen molar-refractivity contribution < 1.29 is 13.2 Å². The van der Waals surface area contributed by atoms with Crippen LogP contribution < -0.4 is 9.46 Å². The molecule has 0 saturated heterocycles. The van der Waals surface area contributed by atoms with E-state index in [1.54, 1.807) is 38.4 Å². The van der Waals surface area contributed by atoms with Gasteiger partial charge in [-0.25, -0.2) is 8.42 Å². The van der Waals surface area contributed by atoms with Crippen LogP contribution in [-0.2, 0) is 10.0 Å². The molecule has 0 saturated carbocycles. The summed E-state index contributed by atoms with van der Waals surface area (Å²) < 4.78 is 32.7. The van der Waals surface area contributed by atoms with Gasteiger partial charge in [-0.3, -0.25) is 4.98 Å². The zero-order chi connectivity index (χ0) is 17.6. The lowest BCUT2D eigenvalue weighted by molar-refractivity contribution is 0.368. The molecular weight excluding hydrogens is 324 g/mol. The molecule has 6 heteroatoms.